The average molecular weight is 207 g/mol. The Morgan fingerprint density at radius 3 is 2.73 bits per heavy atom. The predicted octanol–water partition coefficient (Wildman–Crippen LogP) is 1.18. The Labute approximate surface area is 90.1 Å². The molecule has 0 aromatic carbocycles. The molecule has 1 aromatic heterocycles. The second-order valence-electron chi connectivity index (χ2n) is 4.47. The first kappa shape index (κ1) is 11.6. The molecular weight excluding hydrogens is 190 g/mol. The minimum Gasteiger partial charge on any atom is -0.355 e. The van der Waals surface area contributed by atoms with E-state index in [1.165, 1.54) is 0 Å². The highest BCUT2D eigenvalue weighted by atomic mass is 16.2. The Balaban J connectivity index is 2.32. The molecule has 0 bridgehead atoms. The lowest BCUT2D eigenvalue weighted by Gasteiger charge is -2.17. The number of nitrogens with zero attached hydrogens (tertiary/aromatic N) is 2. The van der Waals surface area contributed by atoms with E-state index in [4.69, 9.17) is 0 Å². The molecule has 4 heteroatoms. The van der Waals surface area contributed by atoms with E-state index in [0.29, 0.717) is 6.54 Å². The molecule has 82 valence electrons. The standard InChI is InChI=1S/C11H17N3O/c1-11(2,3)10(15)12-8-6-9-5-4-7-13-14-9/h4-5,7H,6,8H2,1-3H3,(H,12,15). The van der Waals surface area contributed by atoms with Crippen molar-refractivity contribution in [3.05, 3.63) is 24.0 Å². The summed E-state index contributed by atoms with van der Waals surface area (Å²) in [5, 5.41) is 10.6. The molecule has 1 rings (SSSR count). The molecular formula is C11H17N3O. The van der Waals surface area contributed by atoms with Gasteiger partial charge in [0, 0.05) is 24.6 Å². The maximum absolute atomic E-state index is 11.5. The molecule has 0 saturated carbocycles. The number of rotatable bonds is 3. The van der Waals surface area contributed by atoms with E-state index < -0.39 is 0 Å². The normalized spacial score (nSPS) is 11.1. The highest BCUT2D eigenvalue weighted by molar-refractivity contribution is 5.81. The van der Waals surface area contributed by atoms with Gasteiger partial charge in [-0.05, 0) is 12.1 Å². The van der Waals surface area contributed by atoms with Gasteiger partial charge in [-0.1, -0.05) is 20.8 Å². The zero-order valence-corrected chi connectivity index (χ0v) is 9.45. The van der Waals surface area contributed by atoms with E-state index in [9.17, 15) is 4.79 Å². The molecule has 1 N–H and O–H groups in total. The smallest absolute Gasteiger partial charge is 0.225 e. The van der Waals surface area contributed by atoms with Crippen LogP contribution in [-0.2, 0) is 11.2 Å². The highest BCUT2D eigenvalue weighted by Crippen LogP contribution is 2.12. The van der Waals surface area contributed by atoms with Crippen LogP contribution in [0.5, 0.6) is 0 Å². The lowest BCUT2D eigenvalue weighted by atomic mass is 9.96. The Morgan fingerprint density at radius 2 is 2.20 bits per heavy atom. The Kier molecular flexibility index (Phi) is 3.77. The van der Waals surface area contributed by atoms with Crippen LogP contribution in [0.25, 0.3) is 0 Å². The number of hydrogen-bond donors (Lipinski definition) is 1. The molecule has 0 unspecified atom stereocenters. The summed E-state index contributed by atoms with van der Waals surface area (Å²) >= 11 is 0. The molecule has 15 heavy (non-hydrogen) atoms. The van der Waals surface area contributed by atoms with Gasteiger partial charge in [-0.3, -0.25) is 4.79 Å². The fourth-order valence-electron chi connectivity index (χ4n) is 1.04. The van der Waals surface area contributed by atoms with Crippen molar-refractivity contribution >= 4 is 5.91 Å². The van der Waals surface area contributed by atoms with E-state index in [0.717, 1.165) is 12.1 Å². The molecule has 1 amide bonds. The maximum Gasteiger partial charge on any atom is 0.225 e. The molecule has 0 spiro atoms. The van der Waals surface area contributed by atoms with Crippen LogP contribution >= 0.6 is 0 Å². The largest absolute Gasteiger partial charge is 0.355 e. The topological polar surface area (TPSA) is 54.9 Å². The van der Waals surface area contributed by atoms with Crippen LogP contribution in [-0.4, -0.2) is 22.6 Å². The Bertz CT molecular complexity index is 316. The molecule has 0 atom stereocenters. The first-order valence-corrected chi connectivity index (χ1v) is 5.05. The lowest BCUT2D eigenvalue weighted by molar-refractivity contribution is -0.128. The van der Waals surface area contributed by atoms with Gasteiger partial charge in [-0.2, -0.15) is 10.2 Å². The molecule has 0 fully saturated rings. The molecule has 1 heterocycles. The third kappa shape index (κ3) is 4.06. The molecule has 0 saturated heterocycles. The van der Waals surface area contributed by atoms with Gasteiger partial charge in [0.15, 0.2) is 0 Å². The molecule has 1 aromatic rings. The van der Waals surface area contributed by atoms with Gasteiger partial charge in [0.2, 0.25) is 5.91 Å². The zero-order chi connectivity index (χ0) is 11.3. The van der Waals surface area contributed by atoms with Crippen molar-refractivity contribution in [2.75, 3.05) is 6.54 Å². The maximum atomic E-state index is 11.5. The fourth-order valence-corrected chi connectivity index (χ4v) is 1.04. The second kappa shape index (κ2) is 4.87. The average Bonchev–Trinajstić information content (AvgIpc) is 2.18. The molecule has 0 radical (unpaired) electrons. The van der Waals surface area contributed by atoms with Crippen LogP contribution in [0, 0.1) is 5.41 Å². The number of aromatic nitrogens is 2. The summed E-state index contributed by atoms with van der Waals surface area (Å²) in [5.74, 6) is 0.0615. The van der Waals surface area contributed by atoms with Gasteiger partial charge in [-0.15, -0.1) is 0 Å². The van der Waals surface area contributed by atoms with E-state index >= 15 is 0 Å². The van der Waals surface area contributed by atoms with Crippen LogP contribution in [0.2, 0.25) is 0 Å². The first-order chi connectivity index (χ1) is 7.00. The van der Waals surface area contributed by atoms with Crippen LogP contribution in [0.1, 0.15) is 26.5 Å². The van der Waals surface area contributed by atoms with Gasteiger partial charge in [0.25, 0.3) is 0 Å². The van der Waals surface area contributed by atoms with E-state index in [2.05, 4.69) is 15.5 Å². The molecule has 0 aliphatic carbocycles. The summed E-state index contributed by atoms with van der Waals surface area (Å²) in [4.78, 5) is 11.5. The van der Waals surface area contributed by atoms with Crippen LogP contribution < -0.4 is 5.32 Å². The monoisotopic (exact) mass is 207 g/mol. The van der Waals surface area contributed by atoms with Crippen molar-refractivity contribution in [1.29, 1.82) is 0 Å². The minimum absolute atomic E-state index is 0.0615. The number of carbonyl (C=O) groups is 1. The van der Waals surface area contributed by atoms with Crippen molar-refractivity contribution < 1.29 is 4.79 Å². The number of amides is 1. The van der Waals surface area contributed by atoms with Gasteiger partial charge in [0.1, 0.15) is 0 Å². The van der Waals surface area contributed by atoms with Crippen molar-refractivity contribution in [3.63, 3.8) is 0 Å². The Morgan fingerprint density at radius 1 is 1.47 bits per heavy atom. The van der Waals surface area contributed by atoms with E-state index in [1.807, 2.05) is 32.9 Å². The summed E-state index contributed by atoms with van der Waals surface area (Å²) in [5.41, 5.74) is 0.564. The lowest BCUT2D eigenvalue weighted by Crippen LogP contribution is -2.36. The summed E-state index contributed by atoms with van der Waals surface area (Å²) in [6.07, 6.45) is 2.35. The van der Waals surface area contributed by atoms with Crippen molar-refractivity contribution in [2.24, 2.45) is 5.41 Å². The van der Waals surface area contributed by atoms with Gasteiger partial charge >= 0.3 is 0 Å². The predicted molar refractivity (Wildman–Crippen MR) is 58.2 cm³/mol. The number of carbonyl (C=O) groups excluding carboxylic acids is 1. The SMILES string of the molecule is CC(C)(C)C(=O)NCCc1cccnn1. The molecule has 0 aliphatic rings. The molecule has 0 aliphatic heterocycles. The van der Waals surface area contributed by atoms with Crippen LogP contribution in [0.4, 0.5) is 0 Å². The van der Waals surface area contributed by atoms with Crippen molar-refractivity contribution in [3.8, 4) is 0 Å². The van der Waals surface area contributed by atoms with Crippen molar-refractivity contribution in [1.82, 2.24) is 15.5 Å². The number of hydrogen-bond acceptors (Lipinski definition) is 3. The summed E-state index contributed by atoms with van der Waals surface area (Å²) in [6, 6.07) is 3.74. The third-order valence-corrected chi connectivity index (χ3v) is 1.98. The quantitative estimate of drug-likeness (QED) is 0.809. The Hall–Kier alpha value is -1.45. The minimum atomic E-state index is -0.331. The zero-order valence-electron chi connectivity index (χ0n) is 9.45. The van der Waals surface area contributed by atoms with E-state index in [1.54, 1.807) is 6.20 Å². The first-order valence-electron chi connectivity index (χ1n) is 5.05. The van der Waals surface area contributed by atoms with Gasteiger partial charge in [-0.25, -0.2) is 0 Å². The number of nitrogens with one attached hydrogen (secondary N) is 1. The van der Waals surface area contributed by atoms with E-state index in [-0.39, 0.29) is 11.3 Å². The second-order valence-corrected chi connectivity index (χ2v) is 4.47. The highest BCUT2D eigenvalue weighted by Gasteiger charge is 2.20. The van der Waals surface area contributed by atoms with Crippen LogP contribution in [0.3, 0.4) is 0 Å². The fraction of sp³-hybridized carbons (Fsp3) is 0.545. The summed E-state index contributed by atoms with van der Waals surface area (Å²) in [7, 11) is 0. The molecule has 4 nitrogen and oxygen atoms in total. The van der Waals surface area contributed by atoms with Gasteiger partial charge in [0.05, 0.1) is 5.69 Å². The van der Waals surface area contributed by atoms with Crippen molar-refractivity contribution in [2.45, 2.75) is 27.2 Å². The summed E-state index contributed by atoms with van der Waals surface area (Å²) < 4.78 is 0. The van der Waals surface area contributed by atoms with Crippen LogP contribution in [0.15, 0.2) is 18.3 Å². The summed E-state index contributed by atoms with van der Waals surface area (Å²) in [6.45, 7) is 6.29. The third-order valence-electron chi connectivity index (χ3n) is 1.98. The van der Waals surface area contributed by atoms with Gasteiger partial charge < -0.3 is 5.32 Å².